The lowest BCUT2D eigenvalue weighted by molar-refractivity contribution is -0.152. The molecular weight excluding hydrogens is 348 g/mol. The molecule has 0 radical (unpaired) electrons. The molecular formula is C20H20N2O5. The van der Waals surface area contributed by atoms with Crippen molar-refractivity contribution in [3.63, 3.8) is 0 Å². The Morgan fingerprint density at radius 1 is 1.11 bits per heavy atom. The van der Waals surface area contributed by atoms with Crippen LogP contribution in [0.15, 0.2) is 42.5 Å². The monoisotopic (exact) mass is 368 g/mol. The van der Waals surface area contributed by atoms with Crippen LogP contribution in [0.3, 0.4) is 0 Å². The Balaban J connectivity index is 1.97. The molecule has 1 atom stereocenters. The number of carbonyl (C=O) groups excluding carboxylic acids is 2. The van der Waals surface area contributed by atoms with Gasteiger partial charge in [-0.3, -0.25) is 9.59 Å². The van der Waals surface area contributed by atoms with Crippen molar-refractivity contribution in [3.8, 4) is 17.6 Å². The predicted octanol–water partition coefficient (Wildman–Crippen LogP) is 2.69. The van der Waals surface area contributed by atoms with Crippen LogP contribution < -0.4 is 14.8 Å². The largest absolute Gasteiger partial charge is 0.493 e. The normalized spacial score (nSPS) is 11.0. The van der Waals surface area contributed by atoms with Gasteiger partial charge in [-0.15, -0.1) is 0 Å². The van der Waals surface area contributed by atoms with E-state index in [0.717, 1.165) is 0 Å². The third kappa shape index (κ3) is 5.22. The summed E-state index contributed by atoms with van der Waals surface area (Å²) in [6.45, 7) is 1.47. The van der Waals surface area contributed by atoms with E-state index in [4.69, 9.17) is 19.5 Å². The fourth-order valence-corrected chi connectivity index (χ4v) is 2.37. The number of anilines is 1. The zero-order chi connectivity index (χ0) is 19.8. The van der Waals surface area contributed by atoms with Gasteiger partial charge in [0, 0.05) is 0 Å². The fraction of sp³-hybridized carbons (Fsp3) is 0.250. The highest BCUT2D eigenvalue weighted by atomic mass is 16.5. The van der Waals surface area contributed by atoms with Crippen molar-refractivity contribution in [2.24, 2.45) is 0 Å². The van der Waals surface area contributed by atoms with E-state index in [1.54, 1.807) is 42.5 Å². The first-order chi connectivity index (χ1) is 13.0. The average molecular weight is 368 g/mol. The first-order valence-corrected chi connectivity index (χ1v) is 8.18. The Labute approximate surface area is 157 Å². The molecule has 7 nitrogen and oxygen atoms in total. The summed E-state index contributed by atoms with van der Waals surface area (Å²) < 4.78 is 15.5. The van der Waals surface area contributed by atoms with E-state index in [1.165, 1.54) is 21.1 Å². The van der Waals surface area contributed by atoms with Crippen LogP contribution in [0.25, 0.3) is 0 Å². The summed E-state index contributed by atoms with van der Waals surface area (Å²) in [5.41, 5.74) is 1.36. The van der Waals surface area contributed by atoms with Crippen LogP contribution in [0.2, 0.25) is 0 Å². The SMILES string of the molecule is COc1ccc(CC(=O)O[C@@H](C)C(=O)Nc2ccccc2C#N)cc1OC. The van der Waals surface area contributed by atoms with E-state index in [9.17, 15) is 9.59 Å². The van der Waals surface area contributed by atoms with E-state index in [-0.39, 0.29) is 6.42 Å². The third-order valence-electron chi connectivity index (χ3n) is 3.78. The van der Waals surface area contributed by atoms with Crippen LogP contribution in [-0.4, -0.2) is 32.2 Å². The summed E-state index contributed by atoms with van der Waals surface area (Å²) in [5, 5.41) is 11.6. The van der Waals surface area contributed by atoms with Gasteiger partial charge in [-0.25, -0.2) is 0 Å². The number of methoxy groups -OCH3 is 2. The lowest BCUT2D eigenvalue weighted by Gasteiger charge is -2.14. The molecule has 1 N–H and O–H groups in total. The number of para-hydroxylation sites is 1. The second kappa shape index (κ2) is 9.25. The summed E-state index contributed by atoms with van der Waals surface area (Å²) >= 11 is 0. The summed E-state index contributed by atoms with van der Waals surface area (Å²) in [4.78, 5) is 24.3. The average Bonchev–Trinajstić information content (AvgIpc) is 2.68. The number of nitrogens with one attached hydrogen (secondary N) is 1. The number of benzene rings is 2. The topological polar surface area (TPSA) is 97.6 Å². The molecule has 7 heteroatoms. The number of nitrogens with zero attached hydrogens (tertiary/aromatic N) is 1. The number of hydrogen-bond donors (Lipinski definition) is 1. The summed E-state index contributed by atoms with van der Waals surface area (Å²) in [5.74, 6) is -0.0166. The van der Waals surface area contributed by atoms with Crippen molar-refractivity contribution in [1.82, 2.24) is 0 Å². The molecule has 0 aliphatic rings. The Kier molecular flexibility index (Phi) is 6.78. The van der Waals surface area contributed by atoms with Crippen LogP contribution in [0.5, 0.6) is 11.5 Å². The maximum atomic E-state index is 12.2. The second-order valence-electron chi connectivity index (χ2n) is 5.64. The van der Waals surface area contributed by atoms with Gasteiger partial charge in [0.25, 0.3) is 5.91 Å². The lowest BCUT2D eigenvalue weighted by Crippen LogP contribution is -2.30. The van der Waals surface area contributed by atoms with Gasteiger partial charge in [-0.05, 0) is 36.8 Å². The maximum absolute atomic E-state index is 12.2. The number of carbonyl (C=O) groups is 2. The van der Waals surface area contributed by atoms with Crippen molar-refractivity contribution < 1.29 is 23.8 Å². The molecule has 140 valence electrons. The van der Waals surface area contributed by atoms with Crippen LogP contribution in [0.1, 0.15) is 18.1 Å². The number of amides is 1. The molecule has 0 aliphatic carbocycles. The molecule has 0 heterocycles. The zero-order valence-electron chi connectivity index (χ0n) is 15.3. The van der Waals surface area contributed by atoms with Crippen LogP contribution in [0.4, 0.5) is 5.69 Å². The molecule has 0 fully saturated rings. The van der Waals surface area contributed by atoms with Crippen molar-refractivity contribution in [2.45, 2.75) is 19.4 Å². The number of esters is 1. The first-order valence-electron chi connectivity index (χ1n) is 8.18. The van der Waals surface area contributed by atoms with E-state index >= 15 is 0 Å². The van der Waals surface area contributed by atoms with Crippen molar-refractivity contribution >= 4 is 17.6 Å². The molecule has 0 saturated carbocycles. The van der Waals surface area contributed by atoms with E-state index < -0.39 is 18.0 Å². The van der Waals surface area contributed by atoms with E-state index in [2.05, 4.69) is 5.32 Å². The lowest BCUT2D eigenvalue weighted by atomic mass is 10.1. The fourth-order valence-electron chi connectivity index (χ4n) is 2.37. The Bertz CT molecular complexity index is 873. The van der Waals surface area contributed by atoms with Gasteiger partial charge in [0.1, 0.15) is 6.07 Å². The standard InChI is InChI=1S/C20H20N2O5/c1-13(20(24)22-16-7-5-4-6-15(16)12-21)27-19(23)11-14-8-9-17(25-2)18(10-14)26-3/h4-10,13H,11H2,1-3H3,(H,22,24)/t13-/m0/s1. The van der Waals surface area contributed by atoms with Gasteiger partial charge in [0.05, 0.1) is 31.9 Å². The number of nitriles is 1. The second-order valence-corrected chi connectivity index (χ2v) is 5.64. The van der Waals surface area contributed by atoms with Gasteiger partial charge < -0.3 is 19.5 Å². The molecule has 2 aromatic rings. The highest BCUT2D eigenvalue weighted by Gasteiger charge is 2.19. The zero-order valence-corrected chi connectivity index (χ0v) is 15.3. The van der Waals surface area contributed by atoms with Crippen LogP contribution >= 0.6 is 0 Å². The summed E-state index contributed by atoms with van der Waals surface area (Å²) in [7, 11) is 3.03. The highest BCUT2D eigenvalue weighted by molar-refractivity contribution is 5.96. The molecule has 0 spiro atoms. The van der Waals surface area contributed by atoms with Gasteiger partial charge in [-0.1, -0.05) is 18.2 Å². The smallest absolute Gasteiger partial charge is 0.311 e. The van der Waals surface area contributed by atoms with E-state index in [1.807, 2.05) is 6.07 Å². The Morgan fingerprint density at radius 2 is 1.81 bits per heavy atom. The van der Waals surface area contributed by atoms with Crippen molar-refractivity contribution in [1.29, 1.82) is 5.26 Å². The highest BCUT2D eigenvalue weighted by Crippen LogP contribution is 2.27. The first kappa shape index (κ1) is 19.8. The molecule has 1 amide bonds. The number of ether oxygens (including phenoxy) is 3. The van der Waals surface area contributed by atoms with Gasteiger partial charge in [0.2, 0.25) is 0 Å². The number of hydrogen-bond acceptors (Lipinski definition) is 6. The minimum atomic E-state index is -1.01. The molecule has 0 saturated heterocycles. The van der Waals surface area contributed by atoms with Crippen LogP contribution in [-0.2, 0) is 20.7 Å². The molecule has 0 aromatic heterocycles. The van der Waals surface area contributed by atoms with Crippen LogP contribution in [0, 0.1) is 11.3 Å². The van der Waals surface area contributed by atoms with Gasteiger partial charge in [0.15, 0.2) is 17.6 Å². The summed E-state index contributed by atoms with van der Waals surface area (Å²) in [6, 6.07) is 13.7. The molecule has 2 aromatic carbocycles. The van der Waals surface area contributed by atoms with Crippen molar-refractivity contribution in [3.05, 3.63) is 53.6 Å². The van der Waals surface area contributed by atoms with Gasteiger partial charge in [-0.2, -0.15) is 5.26 Å². The Morgan fingerprint density at radius 3 is 2.48 bits per heavy atom. The maximum Gasteiger partial charge on any atom is 0.311 e. The summed E-state index contributed by atoms with van der Waals surface area (Å²) in [6.07, 6.45) is -1.03. The molecule has 2 rings (SSSR count). The molecule has 0 aliphatic heterocycles. The molecule has 27 heavy (non-hydrogen) atoms. The predicted molar refractivity (Wildman–Crippen MR) is 98.6 cm³/mol. The van der Waals surface area contributed by atoms with Crippen molar-refractivity contribution in [2.75, 3.05) is 19.5 Å². The Hall–Kier alpha value is -3.53. The number of rotatable bonds is 7. The van der Waals surface area contributed by atoms with E-state index in [0.29, 0.717) is 28.3 Å². The molecule has 0 bridgehead atoms. The van der Waals surface area contributed by atoms with Gasteiger partial charge >= 0.3 is 5.97 Å². The minimum absolute atomic E-state index is 0.0211. The quantitative estimate of drug-likeness (QED) is 0.755. The molecule has 0 unspecified atom stereocenters. The third-order valence-corrected chi connectivity index (χ3v) is 3.78. The minimum Gasteiger partial charge on any atom is -0.493 e.